The van der Waals surface area contributed by atoms with Gasteiger partial charge < -0.3 is 24.5 Å². The van der Waals surface area contributed by atoms with Crippen LogP contribution in [0.15, 0.2) is 25.3 Å². The molecule has 3 aliphatic heterocycles. The highest BCUT2D eigenvalue weighted by Crippen LogP contribution is 2.59. The van der Waals surface area contributed by atoms with Crippen LogP contribution in [0.2, 0.25) is 0 Å². The summed E-state index contributed by atoms with van der Waals surface area (Å²) < 4.78 is 6.54. The largest absolute Gasteiger partial charge is 0.394 e. The highest BCUT2D eigenvalue weighted by molar-refractivity contribution is 5.99. The van der Waals surface area contributed by atoms with Gasteiger partial charge in [-0.3, -0.25) is 14.4 Å². The van der Waals surface area contributed by atoms with Gasteiger partial charge in [0.05, 0.1) is 30.6 Å². The number of rotatable bonds is 10. The van der Waals surface area contributed by atoms with E-state index in [9.17, 15) is 19.5 Å². The summed E-state index contributed by atoms with van der Waals surface area (Å²) in [6, 6.07) is -1.45. The molecule has 0 aliphatic carbocycles. The van der Waals surface area contributed by atoms with Crippen molar-refractivity contribution >= 4 is 17.7 Å². The summed E-state index contributed by atoms with van der Waals surface area (Å²) >= 11 is 0. The summed E-state index contributed by atoms with van der Waals surface area (Å²) in [6.45, 7) is 17.8. The lowest BCUT2D eigenvalue weighted by Crippen LogP contribution is -2.62. The molecule has 3 saturated heterocycles. The molecule has 2 unspecified atom stereocenters. The van der Waals surface area contributed by atoms with E-state index in [0.29, 0.717) is 25.9 Å². The smallest absolute Gasteiger partial charge is 0.249 e. The van der Waals surface area contributed by atoms with Crippen LogP contribution >= 0.6 is 0 Å². The summed E-state index contributed by atoms with van der Waals surface area (Å²) in [5.41, 5.74) is -1.60. The lowest BCUT2D eigenvalue weighted by molar-refractivity contribution is -0.155. The number of likely N-dealkylation sites (tertiary alicyclic amines) is 1. The third kappa shape index (κ3) is 4.33. The second-order valence-electron chi connectivity index (χ2n) is 11.4. The van der Waals surface area contributed by atoms with Crippen molar-refractivity contribution in [3.8, 4) is 0 Å². The summed E-state index contributed by atoms with van der Waals surface area (Å²) in [5, 5.41) is 10.4. The molecule has 196 valence electrons. The minimum atomic E-state index is -1.08. The van der Waals surface area contributed by atoms with Crippen LogP contribution in [-0.2, 0) is 19.1 Å². The van der Waals surface area contributed by atoms with Gasteiger partial charge in [0.1, 0.15) is 11.6 Å². The molecule has 3 amide bonds. The zero-order chi connectivity index (χ0) is 26.3. The van der Waals surface area contributed by atoms with E-state index in [-0.39, 0.29) is 30.2 Å². The van der Waals surface area contributed by atoms with Crippen molar-refractivity contribution in [2.24, 2.45) is 17.8 Å². The Balaban J connectivity index is 2.15. The molecule has 7 atom stereocenters. The zero-order valence-corrected chi connectivity index (χ0v) is 22.2. The van der Waals surface area contributed by atoms with E-state index in [2.05, 4.69) is 13.2 Å². The van der Waals surface area contributed by atoms with Crippen LogP contribution in [0.3, 0.4) is 0 Å². The number of hydrogen-bond donors (Lipinski definition) is 1. The number of carbonyl (C=O) groups is 3. The number of likely N-dealkylation sites (N-methyl/N-ethyl adjacent to an activating group) is 1. The predicted molar refractivity (Wildman–Crippen MR) is 134 cm³/mol. The molecule has 35 heavy (non-hydrogen) atoms. The number of hydrogen-bond acceptors (Lipinski definition) is 5. The third-order valence-corrected chi connectivity index (χ3v) is 8.27. The highest BCUT2D eigenvalue weighted by Gasteiger charge is 2.75. The molecule has 3 heterocycles. The Labute approximate surface area is 210 Å². The van der Waals surface area contributed by atoms with Crippen molar-refractivity contribution in [1.29, 1.82) is 0 Å². The monoisotopic (exact) mass is 489 g/mol. The van der Waals surface area contributed by atoms with Crippen LogP contribution < -0.4 is 0 Å². The summed E-state index contributed by atoms with van der Waals surface area (Å²) in [6.07, 6.45) is 4.81. The first kappa shape index (κ1) is 27.4. The summed E-state index contributed by atoms with van der Waals surface area (Å²) in [4.78, 5) is 46.9. The average molecular weight is 490 g/mol. The van der Waals surface area contributed by atoms with Crippen molar-refractivity contribution in [3.63, 3.8) is 0 Å². The fourth-order valence-corrected chi connectivity index (χ4v) is 6.33. The fraction of sp³-hybridized carbons (Fsp3) is 0.741. The molecule has 0 saturated carbocycles. The number of carbonyl (C=O) groups excluding carboxylic acids is 3. The summed E-state index contributed by atoms with van der Waals surface area (Å²) in [7, 11) is 1.70. The molecule has 3 rings (SSSR count). The van der Waals surface area contributed by atoms with Gasteiger partial charge in [0.2, 0.25) is 17.7 Å². The minimum Gasteiger partial charge on any atom is -0.394 e. The Morgan fingerprint density at radius 3 is 2.40 bits per heavy atom. The van der Waals surface area contributed by atoms with Crippen molar-refractivity contribution in [2.45, 2.75) is 83.2 Å². The lowest BCUT2D eigenvalue weighted by atomic mass is 9.70. The summed E-state index contributed by atoms with van der Waals surface area (Å²) in [5.74, 6) is -2.08. The Hall–Kier alpha value is -2.19. The third-order valence-electron chi connectivity index (χ3n) is 8.27. The van der Waals surface area contributed by atoms with E-state index >= 15 is 0 Å². The van der Waals surface area contributed by atoms with Crippen molar-refractivity contribution in [3.05, 3.63) is 25.3 Å². The quantitative estimate of drug-likeness (QED) is 0.475. The van der Waals surface area contributed by atoms with E-state index in [4.69, 9.17) is 4.74 Å². The van der Waals surface area contributed by atoms with E-state index in [1.807, 2.05) is 34.6 Å². The Kier molecular flexibility index (Phi) is 7.87. The van der Waals surface area contributed by atoms with Gasteiger partial charge in [0.25, 0.3) is 0 Å². The van der Waals surface area contributed by atoms with Gasteiger partial charge in [0.15, 0.2) is 0 Å². The second kappa shape index (κ2) is 10.1. The van der Waals surface area contributed by atoms with E-state index < -0.39 is 41.2 Å². The Morgan fingerprint density at radius 1 is 1.26 bits per heavy atom. The van der Waals surface area contributed by atoms with Crippen LogP contribution in [-0.4, -0.2) is 93.6 Å². The number of fused-ring (bicyclic) bond motifs is 1. The van der Waals surface area contributed by atoms with Gasteiger partial charge in [-0.2, -0.15) is 0 Å². The number of nitrogens with zero attached hydrogens (tertiary/aromatic N) is 3. The minimum absolute atomic E-state index is 0.0354. The van der Waals surface area contributed by atoms with Gasteiger partial charge in [-0.1, -0.05) is 32.4 Å². The first-order valence-corrected chi connectivity index (χ1v) is 12.8. The first-order valence-electron chi connectivity index (χ1n) is 12.8. The highest BCUT2D eigenvalue weighted by atomic mass is 16.5. The number of aliphatic hydroxyl groups excluding tert-OH is 1. The van der Waals surface area contributed by atoms with E-state index in [1.165, 1.54) is 0 Å². The van der Waals surface area contributed by atoms with E-state index in [0.717, 1.165) is 6.42 Å². The predicted octanol–water partition coefficient (Wildman–Crippen LogP) is 2.23. The molecule has 3 fully saturated rings. The van der Waals surface area contributed by atoms with Crippen molar-refractivity contribution < 1.29 is 24.2 Å². The normalized spacial score (nSPS) is 31.2. The molecule has 3 aliphatic rings. The maximum atomic E-state index is 14.3. The molecule has 8 heteroatoms. The topological polar surface area (TPSA) is 90.4 Å². The van der Waals surface area contributed by atoms with Crippen LogP contribution in [0.4, 0.5) is 0 Å². The van der Waals surface area contributed by atoms with Crippen LogP contribution in [0.5, 0.6) is 0 Å². The van der Waals surface area contributed by atoms with Crippen LogP contribution in [0.25, 0.3) is 0 Å². The standard InChI is InChI=1S/C27H43N3O5/c1-9-14-28(8)23(32)20-19-12-13-27(35-19)21(20)24(33)30(18(16-31)17(4)11-3)22(27)25(34)29(15-10-2)26(5,6)7/h9-10,17-22,31H,1-2,11-16H2,3-8H3/t17-,18-,19-,20+,21-,22?,27?/m0/s1. The molecular weight excluding hydrogens is 446 g/mol. The molecular formula is C27H43N3O5. The zero-order valence-electron chi connectivity index (χ0n) is 22.2. The SMILES string of the molecule is C=CCN(C)C(=O)[C@@H]1[C@@H]2CCC3(O2)C(C(=O)N(CC=C)C(C)(C)C)N([C@@H](CO)[C@@H](C)CC)C(=O)[C@H]13. The molecule has 2 bridgehead atoms. The molecule has 8 nitrogen and oxygen atoms in total. The molecule has 1 spiro atoms. The molecule has 1 N–H and O–H groups in total. The second-order valence-corrected chi connectivity index (χ2v) is 11.4. The van der Waals surface area contributed by atoms with Crippen LogP contribution in [0, 0.1) is 17.8 Å². The van der Waals surface area contributed by atoms with E-state index in [1.54, 1.807) is 33.9 Å². The van der Waals surface area contributed by atoms with Gasteiger partial charge in [-0.25, -0.2) is 0 Å². The van der Waals surface area contributed by atoms with Crippen molar-refractivity contribution in [2.75, 3.05) is 26.7 Å². The maximum Gasteiger partial charge on any atom is 0.249 e. The number of aliphatic hydroxyl groups is 1. The molecule has 0 radical (unpaired) electrons. The van der Waals surface area contributed by atoms with Gasteiger partial charge >= 0.3 is 0 Å². The molecule has 0 aromatic heterocycles. The van der Waals surface area contributed by atoms with Crippen LogP contribution in [0.1, 0.15) is 53.9 Å². The fourth-order valence-electron chi connectivity index (χ4n) is 6.33. The molecule has 0 aromatic rings. The molecule has 0 aromatic carbocycles. The van der Waals surface area contributed by atoms with Crippen molar-refractivity contribution in [1.82, 2.24) is 14.7 Å². The Bertz CT molecular complexity index is 867. The Morgan fingerprint density at radius 2 is 1.89 bits per heavy atom. The van der Waals surface area contributed by atoms with Gasteiger partial charge in [0, 0.05) is 25.7 Å². The maximum absolute atomic E-state index is 14.3. The number of ether oxygens (including phenoxy) is 1. The number of amides is 3. The lowest BCUT2D eigenvalue weighted by Gasteiger charge is -2.44. The first-order chi connectivity index (χ1) is 16.4. The van der Waals surface area contributed by atoms with Gasteiger partial charge in [-0.15, -0.1) is 13.2 Å². The van der Waals surface area contributed by atoms with Gasteiger partial charge in [-0.05, 0) is 39.5 Å². The average Bonchev–Trinajstić information content (AvgIpc) is 3.44.